The Labute approximate surface area is 132 Å². The third-order valence-electron chi connectivity index (χ3n) is 4.91. The molecule has 1 aromatic carbocycles. The van der Waals surface area contributed by atoms with E-state index in [9.17, 15) is 9.59 Å². The van der Waals surface area contributed by atoms with Crippen molar-refractivity contribution < 1.29 is 4.74 Å². The van der Waals surface area contributed by atoms with Gasteiger partial charge in [-0.1, -0.05) is 0 Å². The first-order valence-electron chi connectivity index (χ1n) is 8.19. The molecule has 0 radical (unpaired) electrons. The van der Waals surface area contributed by atoms with Crippen LogP contribution >= 0.6 is 0 Å². The molecular weight excluding hydrogens is 371 g/mol. The van der Waals surface area contributed by atoms with Crippen LogP contribution in [0.25, 0.3) is 0 Å². The summed E-state index contributed by atoms with van der Waals surface area (Å²) in [5.74, 6) is 0.431. The first kappa shape index (κ1) is 18.7. The van der Waals surface area contributed by atoms with E-state index >= 15 is 0 Å². The molecule has 1 aromatic rings. The summed E-state index contributed by atoms with van der Waals surface area (Å²) >= 11 is -3.00. The maximum atomic E-state index is 12.3. The Bertz CT molecular complexity index is 515. The zero-order valence-corrected chi connectivity index (χ0v) is 17.4. The number of rotatable bonds is 8. The monoisotopic (exact) mass is 402 g/mol. The van der Waals surface area contributed by atoms with Crippen LogP contribution in [0, 0.1) is 0 Å². The first-order valence-corrected chi connectivity index (χ1v) is 14.6. The van der Waals surface area contributed by atoms with Gasteiger partial charge in [0, 0.05) is 0 Å². The van der Waals surface area contributed by atoms with Crippen molar-refractivity contribution in [2.45, 2.75) is 73.1 Å². The molecule has 0 aliphatic heterocycles. The normalized spacial score (nSPS) is 12.9. The number of unbranched alkanes of at least 4 members (excludes halogenated alkanes) is 1. The summed E-state index contributed by atoms with van der Waals surface area (Å²) in [7, 11) is 0. The Morgan fingerprint density at radius 1 is 0.905 bits per heavy atom. The van der Waals surface area contributed by atoms with E-state index in [1.54, 1.807) is 0 Å². The molecule has 0 unspecified atom stereocenters. The number of ether oxygens (including phenoxy) is 1. The van der Waals surface area contributed by atoms with Gasteiger partial charge in [-0.15, -0.1) is 0 Å². The molecule has 0 aromatic heterocycles. The molecule has 3 nitrogen and oxygen atoms in total. The SMILES string of the molecule is CCCCOc1[c]([Sn]([CH](C)C)([CH](C)C)[CH](C)C)c(=O)c1=O. The van der Waals surface area contributed by atoms with Crippen LogP contribution in [0.1, 0.15) is 61.3 Å². The van der Waals surface area contributed by atoms with Gasteiger partial charge in [-0.25, -0.2) is 0 Å². The van der Waals surface area contributed by atoms with Crippen LogP contribution in [0.5, 0.6) is 5.75 Å². The molecule has 4 heteroatoms. The van der Waals surface area contributed by atoms with Crippen molar-refractivity contribution in [2.24, 2.45) is 0 Å². The third kappa shape index (κ3) is 3.08. The summed E-state index contributed by atoms with van der Waals surface area (Å²) in [5.41, 5.74) is -0.627. The van der Waals surface area contributed by atoms with Crippen molar-refractivity contribution in [1.82, 2.24) is 0 Å². The molecule has 0 fully saturated rings. The topological polar surface area (TPSA) is 43.4 Å². The Hall–Kier alpha value is -0.321. The van der Waals surface area contributed by atoms with Crippen molar-refractivity contribution in [1.29, 1.82) is 0 Å². The third-order valence-corrected chi connectivity index (χ3v) is 25.0. The standard InChI is InChI=1S/C8H9O3.3C3H7.Sn/c1-2-3-4-11-7-5-6(9)8(7)10;3*1-3-2;/h2-4H2,1H3;3*3H,1-2H3;. The summed E-state index contributed by atoms with van der Waals surface area (Å²) in [6, 6.07) is 0. The van der Waals surface area contributed by atoms with Crippen LogP contribution in [0.3, 0.4) is 0 Å². The average Bonchev–Trinajstić information content (AvgIpc) is 2.40. The summed E-state index contributed by atoms with van der Waals surface area (Å²) in [4.78, 5) is 24.3. The molecule has 0 heterocycles. The summed E-state index contributed by atoms with van der Waals surface area (Å²) in [6.45, 7) is 16.0. The zero-order valence-electron chi connectivity index (χ0n) is 14.6. The van der Waals surface area contributed by atoms with E-state index in [1.165, 1.54) is 0 Å². The Morgan fingerprint density at radius 2 is 1.38 bits per heavy atom. The molecule has 0 amide bonds. The van der Waals surface area contributed by atoms with E-state index in [-0.39, 0.29) is 10.9 Å². The second-order valence-corrected chi connectivity index (χ2v) is 23.6. The predicted octanol–water partition coefficient (Wildman–Crippen LogP) is 3.35. The van der Waals surface area contributed by atoms with Crippen LogP contribution in [0.4, 0.5) is 0 Å². The average molecular weight is 401 g/mol. The zero-order chi connectivity index (χ0) is 16.4. The van der Waals surface area contributed by atoms with Crippen LogP contribution in [-0.4, -0.2) is 25.0 Å². The van der Waals surface area contributed by atoms with E-state index in [0.717, 1.165) is 16.4 Å². The second kappa shape index (κ2) is 7.29. The summed E-state index contributed by atoms with van der Waals surface area (Å²) in [6.07, 6.45) is 1.95. The van der Waals surface area contributed by atoms with Gasteiger partial charge < -0.3 is 0 Å². The van der Waals surface area contributed by atoms with Gasteiger partial charge in [-0.3, -0.25) is 0 Å². The Balaban J connectivity index is 3.37. The molecule has 0 aliphatic rings. The van der Waals surface area contributed by atoms with Crippen LogP contribution in [0.2, 0.25) is 11.8 Å². The van der Waals surface area contributed by atoms with Crippen molar-refractivity contribution in [3.05, 3.63) is 20.4 Å². The van der Waals surface area contributed by atoms with Crippen LogP contribution in [-0.2, 0) is 0 Å². The van der Waals surface area contributed by atoms with Gasteiger partial charge in [-0.05, 0) is 0 Å². The summed E-state index contributed by atoms with van der Waals surface area (Å²) < 4.78 is 8.03. The van der Waals surface area contributed by atoms with Crippen LogP contribution < -0.4 is 19.2 Å². The first-order chi connectivity index (χ1) is 9.72. The number of hydrogen-bond donors (Lipinski definition) is 0. The van der Waals surface area contributed by atoms with E-state index in [2.05, 4.69) is 48.5 Å². The molecule has 0 atom stereocenters. The number of hydrogen-bond acceptors (Lipinski definition) is 3. The van der Waals surface area contributed by atoms with Crippen molar-refractivity contribution in [3.63, 3.8) is 0 Å². The molecule has 0 saturated carbocycles. The predicted molar refractivity (Wildman–Crippen MR) is 92.4 cm³/mol. The fourth-order valence-electron chi connectivity index (χ4n) is 4.09. The van der Waals surface area contributed by atoms with E-state index in [0.29, 0.717) is 24.2 Å². The van der Waals surface area contributed by atoms with Gasteiger partial charge in [0.15, 0.2) is 0 Å². The molecule has 0 bridgehead atoms. The Morgan fingerprint density at radius 3 is 1.76 bits per heavy atom. The molecule has 120 valence electrons. The van der Waals surface area contributed by atoms with Gasteiger partial charge in [0.05, 0.1) is 0 Å². The quantitative estimate of drug-likeness (QED) is 0.381. The molecule has 1 rings (SSSR count). The molecule has 0 aliphatic carbocycles. The second-order valence-electron chi connectivity index (χ2n) is 6.96. The molecular formula is C17H30O3Sn. The minimum atomic E-state index is -3.00. The van der Waals surface area contributed by atoms with Gasteiger partial charge in [0.2, 0.25) is 0 Å². The molecule has 0 N–H and O–H groups in total. The van der Waals surface area contributed by atoms with E-state index < -0.39 is 18.4 Å². The van der Waals surface area contributed by atoms with Crippen molar-refractivity contribution in [2.75, 3.05) is 6.61 Å². The van der Waals surface area contributed by atoms with Gasteiger partial charge in [-0.2, -0.15) is 0 Å². The van der Waals surface area contributed by atoms with E-state index in [1.807, 2.05) is 0 Å². The van der Waals surface area contributed by atoms with Crippen molar-refractivity contribution >= 4 is 22.0 Å². The Kier molecular flexibility index (Phi) is 6.51. The van der Waals surface area contributed by atoms with Crippen LogP contribution in [0.15, 0.2) is 9.59 Å². The van der Waals surface area contributed by atoms with Crippen molar-refractivity contribution in [3.8, 4) is 5.75 Å². The molecule has 0 saturated heterocycles. The molecule has 21 heavy (non-hydrogen) atoms. The van der Waals surface area contributed by atoms with Gasteiger partial charge in [0.1, 0.15) is 0 Å². The van der Waals surface area contributed by atoms with Gasteiger partial charge in [0.25, 0.3) is 0 Å². The summed E-state index contributed by atoms with van der Waals surface area (Å²) in [5, 5.41) is 0. The molecule has 0 spiro atoms. The van der Waals surface area contributed by atoms with E-state index in [4.69, 9.17) is 4.74 Å². The maximum absolute atomic E-state index is 12.3. The fourth-order valence-corrected chi connectivity index (χ4v) is 23.5. The van der Waals surface area contributed by atoms with Gasteiger partial charge >= 0.3 is 133 Å². The fraction of sp³-hybridized carbons (Fsp3) is 0.765. The minimum absolute atomic E-state index is 0.242.